The van der Waals surface area contributed by atoms with Gasteiger partial charge in [-0.2, -0.15) is 0 Å². The van der Waals surface area contributed by atoms with E-state index in [1.165, 1.54) is 21.2 Å². The quantitative estimate of drug-likeness (QED) is 0.483. The molecule has 0 N–H and O–H groups in total. The first-order valence-electron chi connectivity index (χ1n) is 1.48. The molecule has 0 atom stereocenters. The Morgan fingerprint density at radius 1 is 1.67 bits per heavy atom. The summed E-state index contributed by atoms with van der Waals surface area (Å²) in [7, 11) is -2.69. The SMILES string of the molecule is CCS(=O)(=O)I. The standard InChI is InChI=1S/C2H5IO2S/c1-2-6(3,4)5/h2H2,1H3. The molecule has 0 aromatic carbocycles. The predicted molar refractivity (Wildman–Crippen MR) is 33.5 cm³/mol. The molecule has 0 unspecified atom stereocenters. The van der Waals surface area contributed by atoms with Crippen molar-refractivity contribution in [3.8, 4) is 0 Å². The second-order valence-corrected chi connectivity index (χ2v) is 6.51. The minimum absolute atomic E-state index is 0.230. The molecule has 0 rings (SSSR count). The predicted octanol–water partition coefficient (Wildman–Crippen LogP) is 0.771. The lowest BCUT2D eigenvalue weighted by Crippen LogP contribution is -1.87. The van der Waals surface area contributed by atoms with Crippen LogP contribution in [0.5, 0.6) is 0 Å². The summed E-state index contributed by atoms with van der Waals surface area (Å²) in [6, 6.07) is 0. The fraction of sp³-hybridized carbons (Fsp3) is 1.00. The second-order valence-electron chi connectivity index (χ2n) is 0.828. The molecule has 0 heterocycles. The maximum atomic E-state index is 9.99. The summed E-state index contributed by atoms with van der Waals surface area (Å²) >= 11 is 1.41. The molecule has 0 saturated carbocycles. The van der Waals surface area contributed by atoms with Crippen LogP contribution in [0.4, 0.5) is 0 Å². The number of hydrogen-bond acceptors (Lipinski definition) is 2. The summed E-state index contributed by atoms with van der Waals surface area (Å²) in [5.41, 5.74) is 0. The average Bonchev–Trinajstić information content (AvgIpc) is 1.35. The van der Waals surface area contributed by atoms with E-state index in [0.717, 1.165) is 0 Å². The minimum Gasteiger partial charge on any atom is -0.218 e. The van der Waals surface area contributed by atoms with Gasteiger partial charge in [0.05, 0.1) is 27.0 Å². The molecule has 0 aliphatic carbocycles. The van der Waals surface area contributed by atoms with Gasteiger partial charge >= 0.3 is 0 Å². The molecule has 0 radical (unpaired) electrons. The maximum absolute atomic E-state index is 9.99. The molecule has 4 heteroatoms. The van der Waals surface area contributed by atoms with Crippen molar-refractivity contribution < 1.29 is 8.42 Å². The topological polar surface area (TPSA) is 34.1 Å². The number of rotatable bonds is 1. The van der Waals surface area contributed by atoms with Crippen molar-refractivity contribution in [1.29, 1.82) is 0 Å². The van der Waals surface area contributed by atoms with E-state index in [2.05, 4.69) is 0 Å². The first-order valence-corrected chi connectivity index (χ1v) is 5.68. The average molecular weight is 220 g/mol. The minimum atomic E-state index is -2.69. The van der Waals surface area contributed by atoms with Gasteiger partial charge in [0.25, 0.3) is 0 Å². The molecule has 0 bridgehead atoms. The molecule has 0 aromatic rings. The highest BCUT2D eigenvalue weighted by molar-refractivity contribution is 14.2. The van der Waals surface area contributed by atoms with Crippen LogP contribution in [0.3, 0.4) is 0 Å². The van der Waals surface area contributed by atoms with Crippen LogP contribution in [0.15, 0.2) is 0 Å². The number of hydrogen-bond donors (Lipinski definition) is 0. The normalized spacial score (nSPS) is 11.7. The fourth-order valence-electron chi connectivity index (χ4n) is 0. The second kappa shape index (κ2) is 2.11. The van der Waals surface area contributed by atoms with Crippen molar-refractivity contribution in [2.45, 2.75) is 6.92 Å². The van der Waals surface area contributed by atoms with E-state index in [4.69, 9.17) is 0 Å². The van der Waals surface area contributed by atoms with E-state index < -0.39 is 7.01 Å². The Morgan fingerprint density at radius 3 is 1.83 bits per heavy atom. The van der Waals surface area contributed by atoms with Gasteiger partial charge in [-0.3, -0.25) is 0 Å². The Balaban J connectivity index is 3.85. The highest BCUT2D eigenvalue weighted by Crippen LogP contribution is 1.97. The highest BCUT2D eigenvalue weighted by Gasteiger charge is 1.93. The van der Waals surface area contributed by atoms with E-state index >= 15 is 0 Å². The third kappa shape index (κ3) is 4.68. The third-order valence-corrected chi connectivity index (χ3v) is 2.90. The zero-order valence-corrected chi connectivity index (χ0v) is 6.28. The van der Waals surface area contributed by atoms with Crippen molar-refractivity contribution in [2.24, 2.45) is 0 Å². The molecular weight excluding hydrogens is 215 g/mol. The summed E-state index contributed by atoms with van der Waals surface area (Å²) in [5, 5.41) is 0. The molecule has 38 valence electrons. The Morgan fingerprint density at radius 2 is 1.83 bits per heavy atom. The van der Waals surface area contributed by atoms with E-state index in [-0.39, 0.29) is 5.75 Å². The molecule has 6 heavy (non-hydrogen) atoms. The molecule has 0 fully saturated rings. The van der Waals surface area contributed by atoms with Crippen LogP contribution in [0.2, 0.25) is 0 Å². The molecular formula is C2H5IO2S. The van der Waals surface area contributed by atoms with Crippen molar-refractivity contribution in [3.05, 3.63) is 0 Å². The van der Waals surface area contributed by atoms with Gasteiger partial charge in [-0.25, -0.2) is 8.42 Å². The van der Waals surface area contributed by atoms with Crippen molar-refractivity contribution >= 4 is 28.2 Å². The van der Waals surface area contributed by atoms with Gasteiger partial charge in [0, 0.05) is 0 Å². The van der Waals surface area contributed by atoms with E-state index in [0.29, 0.717) is 0 Å². The van der Waals surface area contributed by atoms with Gasteiger partial charge in [0.15, 0.2) is 0 Å². The van der Waals surface area contributed by atoms with Gasteiger partial charge in [0.1, 0.15) is 0 Å². The molecule has 0 saturated heterocycles. The smallest absolute Gasteiger partial charge is 0.202 e. The summed E-state index contributed by atoms with van der Waals surface area (Å²) in [5.74, 6) is 0.230. The monoisotopic (exact) mass is 220 g/mol. The van der Waals surface area contributed by atoms with Crippen molar-refractivity contribution in [3.63, 3.8) is 0 Å². The maximum Gasteiger partial charge on any atom is 0.202 e. The molecule has 0 amide bonds. The lowest BCUT2D eigenvalue weighted by Gasteiger charge is -1.78. The van der Waals surface area contributed by atoms with Crippen LogP contribution in [-0.4, -0.2) is 14.2 Å². The first kappa shape index (κ1) is 6.68. The van der Waals surface area contributed by atoms with Gasteiger partial charge < -0.3 is 0 Å². The Labute approximate surface area is 49.4 Å². The molecule has 2 nitrogen and oxygen atoms in total. The Bertz CT molecular complexity index is 114. The van der Waals surface area contributed by atoms with Crippen LogP contribution < -0.4 is 0 Å². The molecule has 0 aliphatic heterocycles. The first-order chi connectivity index (χ1) is 2.56. The lowest BCUT2D eigenvalue weighted by molar-refractivity contribution is 0.613. The molecule has 0 aliphatic rings. The van der Waals surface area contributed by atoms with Crippen LogP contribution in [0.1, 0.15) is 6.92 Å². The van der Waals surface area contributed by atoms with E-state index in [1.807, 2.05) is 0 Å². The van der Waals surface area contributed by atoms with Crippen molar-refractivity contribution in [2.75, 3.05) is 5.75 Å². The van der Waals surface area contributed by atoms with Crippen LogP contribution in [0.25, 0.3) is 0 Å². The van der Waals surface area contributed by atoms with Gasteiger partial charge in [-0.15, -0.1) is 0 Å². The molecule has 0 spiro atoms. The van der Waals surface area contributed by atoms with E-state index in [1.54, 1.807) is 6.92 Å². The van der Waals surface area contributed by atoms with Gasteiger partial charge in [-0.1, -0.05) is 6.92 Å². The van der Waals surface area contributed by atoms with Crippen LogP contribution >= 0.6 is 21.2 Å². The van der Waals surface area contributed by atoms with Crippen LogP contribution in [-0.2, 0) is 7.01 Å². The highest BCUT2D eigenvalue weighted by atomic mass is 127. The van der Waals surface area contributed by atoms with E-state index in [9.17, 15) is 8.42 Å². The van der Waals surface area contributed by atoms with Crippen molar-refractivity contribution in [1.82, 2.24) is 0 Å². The summed E-state index contributed by atoms with van der Waals surface area (Å²) in [6.45, 7) is 1.61. The zero-order valence-electron chi connectivity index (χ0n) is 3.31. The summed E-state index contributed by atoms with van der Waals surface area (Å²) in [6.07, 6.45) is 0. The lowest BCUT2D eigenvalue weighted by atomic mass is 11.0. The Kier molecular flexibility index (Phi) is 2.35. The fourth-order valence-corrected chi connectivity index (χ4v) is 0. The largest absolute Gasteiger partial charge is 0.218 e. The summed E-state index contributed by atoms with van der Waals surface area (Å²) < 4.78 is 20.0. The van der Waals surface area contributed by atoms with Crippen LogP contribution in [0, 0.1) is 0 Å². The Hall–Kier alpha value is 0.680. The third-order valence-electron chi connectivity index (χ3n) is 0.345. The van der Waals surface area contributed by atoms with Gasteiger partial charge in [0.2, 0.25) is 7.01 Å². The molecule has 0 aromatic heterocycles. The zero-order chi connectivity index (χ0) is 5.21. The summed E-state index contributed by atoms with van der Waals surface area (Å²) in [4.78, 5) is 0. The number of halogens is 1. The van der Waals surface area contributed by atoms with Gasteiger partial charge in [-0.05, 0) is 0 Å².